The zero-order chi connectivity index (χ0) is 0. The van der Waals surface area contributed by atoms with Crippen LogP contribution in [0.1, 0.15) is 0 Å². The van der Waals surface area contributed by atoms with Gasteiger partial charge in [0, 0.05) is 0 Å². The minimum absolute atomic E-state index is 0. The molecule has 0 fully saturated rings. The van der Waals surface area contributed by atoms with Gasteiger partial charge in [0.2, 0.25) is 0 Å². The van der Waals surface area contributed by atoms with E-state index < -0.39 is 0 Å². The van der Waals surface area contributed by atoms with Crippen LogP contribution in [0, 0.1) is 37.3 Å². The average Bonchev–Trinajstić information content (AvgIpc) is 0. The molecule has 0 heterocycles. The molecular formula is AlErO3. The molecule has 0 aliphatic heterocycles. The molecule has 5 heteroatoms. The molecule has 0 rings (SSSR count). The third kappa shape index (κ3) is 27.5. The van der Waals surface area contributed by atoms with Crippen LogP contribution in [0.2, 0.25) is 0 Å². The second kappa shape index (κ2) is 44.6. The van der Waals surface area contributed by atoms with Crippen molar-refractivity contribution in [3.63, 3.8) is 0 Å². The maximum Gasteiger partial charge on any atom is 3.00 e. The summed E-state index contributed by atoms with van der Waals surface area (Å²) in [6.45, 7) is 0. The third-order valence-electron chi connectivity index (χ3n) is 0. The monoisotopic (exact) mass is 241 g/mol. The fourth-order valence-electron chi connectivity index (χ4n) is 0. The first-order chi connectivity index (χ1) is 0. The van der Waals surface area contributed by atoms with Gasteiger partial charge in [0.05, 0.1) is 0 Å². The molecule has 0 saturated heterocycles. The summed E-state index contributed by atoms with van der Waals surface area (Å²) >= 11 is 0. The van der Waals surface area contributed by atoms with Crippen molar-refractivity contribution < 1.29 is 53.7 Å². The van der Waals surface area contributed by atoms with Gasteiger partial charge in [-0.2, -0.15) is 0 Å². The van der Waals surface area contributed by atoms with E-state index in [1.165, 1.54) is 0 Å². The molecular weight excluding hydrogens is 242 g/mol. The van der Waals surface area contributed by atoms with Crippen LogP contribution in [0.15, 0.2) is 0 Å². The molecule has 5 heavy (non-hydrogen) atoms. The van der Waals surface area contributed by atoms with Crippen molar-refractivity contribution in [3.05, 3.63) is 0 Å². The normalized spacial score (nSPS) is 0. The van der Waals surface area contributed by atoms with Crippen molar-refractivity contribution in [2.75, 3.05) is 0 Å². The Hall–Kier alpha value is 1.66. The molecule has 3 nitrogen and oxygen atoms in total. The maximum atomic E-state index is 0. The molecule has 0 amide bonds. The van der Waals surface area contributed by atoms with E-state index in [9.17, 15) is 0 Å². The Kier molecular flexibility index (Phi) is 691. The van der Waals surface area contributed by atoms with E-state index in [1.54, 1.807) is 0 Å². The predicted octanol–water partition coefficient (Wildman–Crippen LogP) is -0.737. The van der Waals surface area contributed by atoms with Crippen LogP contribution in [0.3, 0.4) is 0 Å². The summed E-state index contributed by atoms with van der Waals surface area (Å²) in [6.07, 6.45) is 0. The van der Waals surface area contributed by atoms with Crippen molar-refractivity contribution >= 4 is 17.4 Å². The van der Waals surface area contributed by atoms with Crippen LogP contribution in [0.4, 0.5) is 0 Å². The number of rotatable bonds is 0. The molecule has 0 spiro atoms. The van der Waals surface area contributed by atoms with Gasteiger partial charge in [-0.05, 0) is 0 Å². The SMILES string of the molecule is [Al+3].[Er+3].[O-2].[O-2].[O-2]. The van der Waals surface area contributed by atoms with Gasteiger partial charge in [-0.3, -0.25) is 0 Å². The Morgan fingerprint density at radius 3 is 0.600 bits per heavy atom. The Morgan fingerprint density at radius 1 is 0.600 bits per heavy atom. The standard InChI is InChI=1S/Al.Er.3O/q2*+3;3*-2. The average molecular weight is 242 g/mol. The van der Waals surface area contributed by atoms with Gasteiger partial charge >= 0.3 is 54.7 Å². The zero-order valence-electron chi connectivity index (χ0n) is 2.09. The van der Waals surface area contributed by atoms with Crippen LogP contribution >= 0.6 is 0 Å². The second-order valence-electron chi connectivity index (χ2n) is 0. The summed E-state index contributed by atoms with van der Waals surface area (Å²) in [7, 11) is 0. The second-order valence-corrected chi connectivity index (χ2v) is 0. The van der Waals surface area contributed by atoms with Crippen LogP contribution in [0.25, 0.3) is 0 Å². The van der Waals surface area contributed by atoms with Gasteiger partial charge in [-0.15, -0.1) is 0 Å². The minimum atomic E-state index is 0. The molecule has 0 unspecified atom stereocenters. The Morgan fingerprint density at radius 2 is 0.600 bits per heavy atom. The third-order valence-corrected chi connectivity index (χ3v) is 0. The molecule has 0 aliphatic rings. The Labute approximate surface area is 70.4 Å². The van der Waals surface area contributed by atoms with E-state index in [0.717, 1.165) is 0 Å². The van der Waals surface area contributed by atoms with Gasteiger partial charge in [-0.1, -0.05) is 0 Å². The van der Waals surface area contributed by atoms with Gasteiger partial charge < -0.3 is 16.4 Å². The summed E-state index contributed by atoms with van der Waals surface area (Å²) in [5.74, 6) is 0. The van der Waals surface area contributed by atoms with Gasteiger partial charge in [-0.25, -0.2) is 0 Å². The molecule has 0 bridgehead atoms. The van der Waals surface area contributed by atoms with E-state index in [1.807, 2.05) is 0 Å². The van der Waals surface area contributed by atoms with E-state index in [-0.39, 0.29) is 71.1 Å². The van der Waals surface area contributed by atoms with Crippen molar-refractivity contribution in [2.45, 2.75) is 0 Å². The quantitative estimate of drug-likeness (QED) is 0.501. The van der Waals surface area contributed by atoms with E-state index in [0.29, 0.717) is 0 Å². The molecule has 0 aromatic heterocycles. The number of hydrogen-bond donors (Lipinski definition) is 0. The van der Waals surface area contributed by atoms with Crippen molar-refractivity contribution in [1.82, 2.24) is 0 Å². The Balaban J connectivity index is 0. The first-order valence-corrected chi connectivity index (χ1v) is 0. The largest absolute Gasteiger partial charge is 3.00 e. The molecule has 0 aromatic carbocycles. The van der Waals surface area contributed by atoms with Crippen molar-refractivity contribution in [2.24, 2.45) is 0 Å². The molecule has 0 aliphatic carbocycles. The van der Waals surface area contributed by atoms with Crippen LogP contribution in [-0.4, -0.2) is 17.4 Å². The molecule has 0 saturated carbocycles. The zero-order valence-corrected chi connectivity index (χ0v) is 5.10. The molecule has 33 valence electrons. The first-order valence-electron chi connectivity index (χ1n) is 0. The summed E-state index contributed by atoms with van der Waals surface area (Å²) in [5.41, 5.74) is 0. The first kappa shape index (κ1) is 77.5. The summed E-state index contributed by atoms with van der Waals surface area (Å²) < 4.78 is 0. The summed E-state index contributed by atoms with van der Waals surface area (Å²) in [5, 5.41) is 0. The molecule has 1 radical (unpaired) electrons. The Bertz CT molecular complexity index is 6.85. The van der Waals surface area contributed by atoms with Crippen LogP contribution in [0.5, 0.6) is 0 Å². The van der Waals surface area contributed by atoms with Crippen LogP contribution < -0.4 is 0 Å². The topological polar surface area (TPSA) is 85.5 Å². The predicted molar refractivity (Wildman–Crippen MR) is 7.81 cm³/mol. The van der Waals surface area contributed by atoms with E-state index in [2.05, 4.69) is 0 Å². The number of hydrogen-bond acceptors (Lipinski definition) is 0. The summed E-state index contributed by atoms with van der Waals surface area (Å²) in [4.78, 5) is 0. The van der Waals surface area contributed by atoms with E-state index >= 15 is 0 Å². The van der Waals surface area contributed by atoms with Gasteiger partial charge in [0.25, 0.3) is 0 Å². The fourth-order valence-corrected chi connectivity index (χ4v) is 0. The van der Waals surface area contributed by atoms with Gasteiger partial charge in [0.15, 0.2) is 0 Å². The van der Waals surface area contributed by atoms with Crippen molar-refractivity contribution in [1.29, 1.82) is 0 Å². The smallest absolute Gasteiger partial charge is 2.00 e. The molecule has 0 aromatic rings. The molecule has 0 N–H and O–H groups in total. The summed E-state index contributed by atoms with van der Waals surface area (Å²) in [6, 6.07) is 0. The van der Waals surface area contributed by atoms with Crippen molar-refractivity contribution in [3.8, 4) is 0 Å². The minimum Gasteiger partial charge on any atom is -2.00 e. The fraction of sp³-hybridized carbons (Fsp3) is 0. The van der Waals surface area contributed by atoms with E-state index in [4.69, 9.17) is 0 Å². The van der Waals surface area contributed by atoms with Gasteiger partial charge in [0.1, 0.15) is 0 Å². The molecule has 0 atom stereocenters. The maximum absolute atomic E-state index is 0. The van der Waals surface area contributed by atoms with Crippen LogP contribution in [-0.2, 0) is 16.4 Å².